The number of hydrogen-bond acceptors (Lipinski definition) is 17. The average molecular weight is 1360 g/mol. The number of nitrogens with zero attached hydrogens (tertiary/aromatic N) is 9. The standard InChI is InChI=1S/C73H90N12O12S/c1-45(2)62(78-59(86)17-11-10-14-27-83-60(87)24-25-61(83)88)66(91)85(47(4)64(74)89)50-20-18-48(19-21-50)37-96-69(94)81(8)30-29-80(7)51-33-49-26-28-82(36-55(49)53(34-51)65(90)79-68-76-56-15-12-13-16-57(56)98-68)58-23-22-52(63(77-58)67(92)93)54-35-75-84(46(54)3)44-72-39-70(5)38-71(6,40-72)42-73(41-70,43-72)97-32-31-95-9/h12-13,15-16,18-25,33-35,45,47,62H,10-11,14,17,26-32,36-44H2,1-9H3,(H2,74,89)(H,78,86)(H,92,93)(H,76,79,90)/t47-,62-,70?,71?,72?,73?/m0/s1. The number of fused-ring (bicyclic) bond motifs is 2. The lowest BCUT2D eigenvalue weighted by Gasteiger charge is -2.69. The van der Waals surface area contributed by atoms with E-state index in [1.165, 1.54) is 46.6 Å². The zero-order valence-electron chi connectivity index (χ0n) is 57.5. The van der Waals surface area contributed by atoms with E-state index in [1.54, 1.807) is 58.5 Å². The van der Waals surface area contributed by atoms with Gasteiger partial charge in [-0.05, 0) is 159 Å². The Kier molecular flexibility index (Phi) is 20.6. The van der Waals surface area contributed by atoms with Crippen LogP contribution in [0.5, 0.6) is 0 Å². The summed E-state index contributed by atoms with van der Waals surface area (Å²) in [4.78, 5) is 123. The first-order valence-corrected chi connectivity index (χ1v) is 34.6. The quantitative estimate of drug-likeness (QED) is 0.0251. The van der Waals surface area contributed by atoms with E-state index in [1.807, 2.05) is 66.2 Å². The highest BCUT2D eigenvalue weighted by Crippen LogP contribution is 2.72. The number of thiazole rings is 1. The van der Waals surface area contributed by atoms with Gasteiger partial charge in [0.15, 0.2) is 10.8 Å². The minimum absolute atomic E-state index is 0.0276. The fourth-order valence-electron chi connectivity index (χ4n) is 16.5. The molecule has 520 valence electrons. The van der Waals surface area contributed by atoms with Crippen molar-refractivity contribution in [1.29, 1.82) is 0 Å². The molecule has 5 heterocycles. The van der Waals surface area contributed by atoms with E-state index in [0.29, 0.717) is 97.4 Å². The first-order chi connectivity index (χ1) is 46.7. The SMILES string of the molecule is COCCOC12CC3(C)CC(C)(CC(Cn4ncc(-c5ccc(N6CCc7cc(N(C)CCN(C)C(=O)OCc8ccc(N(C(=O)[C@@H](NC(=O)CCCCCN9C(=O)C=CC9=O)C(C)C)[C@@H](C)C(N)=O)cc8)cc(C(=O)Nc8nc9ccccc9s8)c7C6)nc5C(=O)O)c4C)(C3)C1)C2. The van der Waals surface area contributed by atoms with Crippen LogP contribution in [0.25, 0.3) is 21.3 Å². The summed E-state index contributed by atoms with van der Waals surface area (Å²) < 4.78 is 20.9. The van der Waals surface area contributed by atoms with Gasteiger partial charge in [-0.1, -0.05) is 69.7 Å². The Morgan fingerprint density at radius 3 is 2.23 bits per heavy atom. The molecule has 4 saturated carbocycles. The molecule has 3 aromatic heterocycles. The minimum atomic E-state index is -1.16. The number of carboxylic acids is 1. The normalized spacial score (nSPS) is 21.3. The Hall–Kier alpha value is -9.07. The smallest absolute Gasteiger partial charge is 0.409 e. The highest BCUT2D eigenvalue weighted by Gasteiger charge is 2.66. The number of rotatable bonds is 29. The number of amides is 7. The van der Waals surface area contributed by atoms with Gasteiger partial charge in [-0.15, -0.1) is 0 Å². The number of hydrogen-bond donors (Lipinski definition) is 4. The number of imide groups is 1. The number of carboxylic acid groups (broad SMARTS) is 1. The maximum Gasteiger partial charge on any atom is 0.409 e. The third kappa shape index (κ3) is 15.3. The summed E-state index contributed by atoms with van der Waals surface area (Å²) in [6.45, 7) is 15.2. The lowest BCUT2D eigenvalue weighted by atomic mass is 9.39. The van der Waals surface area contributed by atoms with Crippen LogP contribution in [0.2, 0.25) is 0 Å². The molecule has 98 heavy (non-hydrogen) atoms. The summed E-state index contributed by atoms with van der Waals surface area (Å²) in [5.74, 6) is -3.82. The first-order valence-electron chi connectivity index (χ1n) is 33.8. The maximum absolute atomic E-state index is 14.7. The summed E-state index contributed by atoms with van der Waals surface area (Å²) in [6.07, 6.45) is 12.2. The molecule has 4 bridgehead atoms. The number of pyridine rings is 1. The molecular weight excluding hydrogens is 1270 g/mol. The topological polar surface area (TPSA) is 294 Å². The van der Waals surface area contributed by atoms with Gasteiger partial charge in [-0.25, -0.2) is 19.6 Å². The Morgan fingerprint density at radius 2 is 1.55 bits per heavy atom. The molecule has 0 radical (unpaired) electrons. The van der Waals surface area contributed by atoms with E-state index in [2.05, 4.69) is 35.2 Å². The van der Waals surface area contributed by atoms with Crippen molar-refractivity contribution in [3.05, 3.63) is 125 Å². The third-order valence-electron chi connectivity index (χ3n) is 20.3. The highest BCUT2D eigenvalue weighted by molar-refractivity contribution is 7.22. The number of nitrogens with one attached hydrogen (secondary N) is 2. The molecule has 25 heteroatoms. The lowest BCUT2D eigenvalue weighted by Crippen LogP contribution is -2.64. The van der Waals surface area contributed by atoms with Gasteiger partial charge in [0.1, 0.15) is 24.5 Å². The van der Waals surface area contributed by atoms with Crippen molar-refractivity contribution >= 4 is 91.4 Å². The van der Waals surface area contributed by atoms with Crippen molar-refractivity contribution in [2.24, 2.45) is 27.9 Å². The number of anilines is 4. The number of nitrogens with two attached hydrogens (primary N) is 1. The predicted octanol–water partition coefficient (Wildman–Crippen LogP) is 9.70. The summed E-state index contributed by atoms with van der Waals surface area (Å²) in [6, 6.07) is 19.7. The predicted molar refractivity (Wildman–Crippen MR) is 373 cm³/mol. The molecule has 2 unspecified atom stereocenters. The summed E-state index contributed by atoms with van der Waals surface area (Å²) in [5.41, 5.74) is 12.3. The van der Waals surface area contributed by atoms with Crippen LogP contribution in [-0.4, -0.2) is 160 Å². The molecule has 0 spiro atoms. The monoisotopic (exact) mass is 1360 g/mol. The summed E-state index contributed by atoms with van der Waals surface area (Å²) >= 11 is 1.37. The van der Waals surface area contributed by atoms with E-state index in [0.717, 1.165) is 69.7 Å². The van der Waals surface area contributed by atoms with Crippen LogP contribution < -0.4 is 31.1 Å². The fraction of sp³-hybridized carbons (Fsp3) is 0.493. The van der Waals surface area contributed by atoms with Crippen LogP contribution in [0.4, 0.5) is 27.1 Å². The number of carbonyl (C=O) groups excluding carboxylic acids is 7. The Labute approximate surface area is 575 Å². The molecule has 0 saturated heterocycles. The van der Waals surface area contributed by atoms with Crippen LogP contribution in [0.15, 0.2) is 91.1 Å². The number of primary amides is 1. The first kappa shape index (κ1) is 70.3. The molecule has 5 N–H and O–H groups in total. The van der Waals surface area contributed by atoms with Crippen LogP contribution in [0.1, 0.15) is 142 Å². The largest absolute Gasteiger partial charge is 0.476 e. The van der Waals surface area contributed by atoms with Gasteiger partial charge >= 0.3 is 12.1 Å². The molecular formula is C73H90N12O12S. The number of benzene rings is 3. The van der Waals surface area contributed by atoms with Gasteiger partial charge in [-0.3, -0.25) is 48.6 Å². The van der Waals surface area contributed by atoms with Gasteiger partial charge < -0.3 is 45.1 Å². The zero-order chi connectivity index (χ0) is 70.0. The van der Waals surface area contributed by atoms with Crippen molar-refractivity contribution in [3.8, 4) is 11.1 Å². The van der Waals surface area contributed by atoms with Gasteiger partial charge in [-0.2, -0.15) is 5.10 Å². The molecule has 2 aliphatic heterocycles. The number of aromatic nitrogens is 4. The van der Waals surface area contributed by atoms with E-state index in [4.69, 9.17) is 35.0 Å². The second kappa shape index (κ2) is 28.8. The number of ether oxygens (including phenoxy) is 3. The van der Waals surface area contributed by atoms with Crippen LogP contribution in [0, 0.1) is 29.1 Å². The third-order valence-corrected chi connectivity index (χ3v) is 21.2. The van der Waals surface area contributed by atoms with Crippen molar-refractivity contribution in [2.45, 2.75) is 150 Å². The van der Waals surface area contributed by atoms with Crippen LogP contribution in [-0.2, 0) is 64.3 Å². The van der Waals surface area contributed by atoms with Crippen molar-refractivity contribution < 1.29 is 57.7 Å². The number of unbranched alkanes of at least 4 members (excludes halogenated alkanes) is 2. The molecule has 4 fully saturated rings. The molecule has 6 aromatic rings. The molecule has 4 aliphatic carbocycles. The lowest BCUT2D eigenvalue weighted by molar-refractivity contribution is -0.250. The zero-order valence-corrected chi connectivity index (χ0v) is 58.3. The number of para-hydroxylation sites is 1. The number of carbonyl (C=O) groups is 8. The molecule has 3 aromatic carbocycles. The molecule has 24 nitrogen and oxygen atoms in total. The van der Waals surface area contributed by atoms with Crippen molar-refractivity contribution in [1.82, 2.24) is 34.9 Å². The number of likely N-dealkylation sites (N-methyl/N-ethyl adjacent to an activating group) is 2. The molecule has 6 aliphatic rings. The van der Waals surface area contributed by atoms with E-state index in [-0.39, 0.29) is 89.7 Å². The second-order valence-corrected chi connectivity index (χ2v) is 29.8. The van der Waals surface area contributed by atoms with Crippen LogP contribution >= 0.6 is 11.3 Å². The molecule has 7 amide bonds. The van der Waals surface area contributed by atoms with Gasteiger partial charge in [0.05, 0.1) is 35.2 Å². The number of aromatic carboxylic acids is 1. The Bertz CT molecular complexity index is 4020. The Balaban J connectivity index is 0.739. The van der Waals surface area contributed by atoms with E-state index >= 15 is 0 Å². The van der Waals surface area contributed by atoms with Gasteiger partial charge in [0.25, 0.3) is 23.6 Å². The van der Waals surface area contributed by atoms with E-state index < -0.39 is 36.0 Å². The van der Waals surface area contributed by atoms with E-state index in [9.17, 15) is 43.5 Å². The van der Waals surface area contributed by atoms with Crippen molar-refractivity contribution in [2.75, 3.05) is 80.6 Å². The van der Waals surface area contributed by atoms with Gasteiger partial charge in [0.2, 0.25) is 11.8 Å². The Morgan fingerprint density at radius 1 is 0.827 bits per heavy atom. The average Bonchev–Trinajstić information content (AvgIpc) is 0.746. The highest BCUT2D eigenvalue weighted by atomic mass is 32.1. The minimum Gasteiger partial charge on any atom is -0.476 e. The van der Waals surface area contributed by atoms with Crippen molar-refractivity contribution in [3.63, 3.8) is 0 Å². The van der Waals surface area contributed by atoms with Crippen LogP contribution in [0.3, 0.4) is 0 Å². The molecule has 12 rings (SSSR count). The molecule has 4 atom stereocenters. The maximum atomic E-state index is 14.7. The van der Waals surface area contributed by atoms with Gasteiger partial charge in [0, 0.05) is 113 Å². The second-order valence-electron chi connectivity index (χ2n) is 28.7. The number of methoxy groups -OCH3 is 1. The summed E-state index contributed by atoms with van der Waals surface area (Å²) in [7, 11) is 5.22. The summed E-state index contributed by atoms with van der Waals surface area (Å²) in [5, 5.41) is 22.1. The fourth-order valence-corrected chi connectivity index (χ4v) is 17.4.